The average Bonchev–Trinajstić information content (AvgIpc) is 3.04. The van der Waals surface area contributed by atoms with E-state index in [1.54, 1.807) is 4.31 Å². The Morgan fingerprint density at radius 2 is 2.14 bits per heavy atom. The summed E-state index contributed by atoms with van der Waals surface area (Å²) in [5, 5.41) is 4.03. The van der Waals surface area contributed by atoms with Crippen LogP contribution in [0.4, 0.5) is 0 Å². The highest BCUT2D eigenvalue weighted by Crippen LogP contribution is 2.38. The van der Waals surface area contributed by atoms with E-state index in [1.807, 2.05) is 6.92 Å². The molecule has 22 heavy (non-hydrogen) atoms. The lowest BCUT2D eigenvalue weighted by molar-refractivity contribution is 0.371. The number of unbranched alkanes of at least 4 members (excludes halogenated alkanes) is 1. The predicted molar refractivity (Wildman–Crippen MR) is 83.0 cm³/mol. The first kappa shape index (κ1) is 15.9. The Bertz CT molecular complexity index is 595. The first-order valence-corrected chi connectivity index (χ1v) is 9.99. The lowest BCUT2D eigenvalue weighted by atomic mass is 10.0. The molecule has 1 aliphatic carbocycles. The van der Waals surface area contributed by atoms with Gasteiger partial charge < -0.3 is 4.52 Å². The van der Waals surface area contributed by atoms with E-state index in [0.717, 1.165) is 56.7 Å². The standard InChI is InChI=1S/C15H25N3O3S/c1-2-3-10-22(19,20)18-9-8-12(11-18)4-7-14-16-15(21-17-14)13-5-6-13/h12-13H,2-11H2,1H3. The second kappa shape index (κ2) is 6.66. The molecule has 1 aromatic rings. The molecule has 0 N–H and O–H groups in total. The Morgan fingerprint density at radius 1 is 1.32 bits per heavy atom. The van der Waals surface area contributed by atoms with Crippen LogP contribution in [0, 0.1) is 5.92 Å². The molecule has 0 bridgehead atoms. The van der Waals surface area contributed by atoms with Gasteiger partial charge in [-0.25, -0.2) is 12.7 Å². The summed E-state index contributed by atoms with van der Waals surface area (Å²) in [6.07, 6.45) is 6.64. The van der Waals surface area contributed by atoms with E-state index >= 15 is 0 Å². The molecule has 3 rings (SSSR count). The zero-order valence-corrected chi connectivity index (χ0v) is 14.0. The smallest absolute Gasteiger partial charge is 0.229 e. The van der Waals surface area contributed by atoms with Crippen LogP contribution >= 0.6 is 0 Å². The summed E-state index contributed by atoms with van der Waals surface area (Å²) < 4.78 is 31.3. The first-order valence-electron chi connectivity index (χ1n) is 8.39. The highest BCUT2D eigenvalue weighted by Gasteiger charge is 2.32. The van der Waals surface area contributed by atoms with E-state index in [4.69, 9.17) is 4.52 Å². The molecule has 0 radical (unpaired) electrons. The molecule has 6 nitrogen and oxygen atoms in total. The largest absolute Gasteiger partial charge is 0.339 e. The van der Waals surface area contributed by atoms with Gasteiger partial charge in [-0.2, -0.15) is 4.98 Å². The third-order valence-electron chi connectivity index (χ3n) is 4.58. The Kier molecular flexibility index (Phi) is 4.82. The van der Waals surface area contributed by atoms with Crippen molar-refractivity contribution in [2.45, 2.75) is 57.8 Å². The van der Waals surface area contributed by atoms with Crippen molar-refractivity contribution in [3.63, 3.8) is 0 Å². The molecule has 2 heterocycles. The zero-order valence-electron chi connectivity index (χ0n) is 13.2. The van der Waals surface area contributed by atoms with Crippen molar-refractivity contribution in [1.82, 2.24) is 14.4 Å². The van der Waals surface area contributed by atoms with Gasteiger partial charge in [-0.1, -0.05) is 18.5 Å². The van der Waals surface area contributed by atoms with Gasteiger partial charge in [0.15, 0.2) is 5.82 Å². The van der Waals surface area contributed by atoms with E-state index < -0.39 is 10.0 Å². The summed E-state index contributed by atoms with van der Waals surface area (Å²) >= 11 is 0. The van der Waals surface area contributed by atoms with Gasteiger partial charge in [0.05, 0.1) is 5.75 Å². The molecular weight excluding hydrogens is 302 g/mol. The molecular formula is C15H25N3O3S. The van der Waals surface area contributed by atoms with E-state index in [0.29, 0.717) is 24.9 Å². The van der Waals surface area contributed by atoms with Gasteiger partial charge in [0.2, 0.25) is 15.9 Å². The Morgan fingerprint density at radius 3 is 2.86 bits per heavy atom. The van der Waals surface area contributed by atoms with Crippen molar-refractivity contribution in [3.05, 3.63) is 11.7 Å². The number of aryl methyl sites for hydroxylation is 1. The van der Waals surface area contributed by atoms with Crippen molar-refractivity contribution >= 4 is 10.0 Å². The summed E-state index contributed by atoms with van der Waals surface area (Å²) in [5.41, 5.74) is 0. The molecule has 2 fully saturated rings. The van der Waals surface area contributed by atoms with Gasteiger partial charge in [0, 0.05) is 25.4 Å². The minimum atomic E-state index is -3.05. The monoisotopic (exact) mass is 327 g/mol. The van der Waals surface area contributed by atoms with Gasteiger partial charge >= 0.3 is 0 Å². The summed E-state index contributed by atoms with van der Waals surface area (Å²) in [7, 11) is -3.05. The SMILES string of the molecule is CCCCS(=O)(=O)N1CCC(CCc2noc(C3CC3)n2)C1. The van der Waals surface area contributed by atoms with E-state index in [1.165, 1.54) is 0 Å². The average molecular weight is 327 g/mol. The van der Waals surface area contributed by atoms with Gasteiger partial charge in [-0.05, 0) is 38.0 Å². The van der Waals surface area contributed by atoms with Crippen LogP contribution in [0.15, 0.2) is 4.52 Å². The number of rotatable bonds is 8. The van der Waals surface area contributed by atoms with Crippen LogP contribution in [0.5, 0.6) is 0 Å². The molecule has 124 valence electrons. The van der Waals surface area contributed by atoms with Crippen molar-refractivity contribution < 1.29 is 12.9 Å². The van der Waals surface area contributed by atoms with Crippen LogP contribution in [-0.2, 0) is 16.4 Å². The molecule has 0 amide bonds. The van der Waals surface area contributed by atoms with Gasteiger partial charge in [-0.15, -0.1) is 0 Å². The van der Waals surface area contributed by atoms with E-state index in [9.17, 15) is 8.42 Å². The van der Waals surface area contributed by atoms with Crippen molar-refractivity contribution in [2.75, 3.05) is 18.8 Å². The maximum Gasteiger partial charge on any atom is 0.229 e. The zero-order chi connectivity index (χ0) is 15.6. The summed E-state index contributed by atoms with van der Waals surface area (Å²) in [6, 6.07) is 0. The second-order valence-corrected chi connectivity index (χ2v) is 8.63. The highest BCUT2D eigenvalue weighted by atomic mass is 32.2. The lowest BCUT2D eigenvalue weighted by Crippen LogP contribution is -2.31. The van der Waals surface area contributed by atoms with Crippen LogP contribution in [0.1, 0.15) is 63.1 Å². The molecule has 2 aliphatic rings. The number of nitrogens with zero attached hydrogens (tertiary/aromatic N) is 3. The van der Waals surface area contributed by atoms with Crippen LogP contribution in [0.2, 0.25) is 0 Å². The summed E-state index contributed by atoms with van der Waals surface area (Å²) in [6.45, 7) is 3.33. The van der Waals surface area contributed by atoms with E-state index in [2.05, 4.69) is 10.1 Å². The third-order valence-corrected chi connectivity index (χ3v) is 6.51. The fraction of sp³-hybridized carbons (Fsp3) is 0.867. The fourth-order valence-corrected chi connectivity index (χ4v) is 4.67. The first-order chi connectivity index (χ1) is 10.6. The van der Waals surface area contributed by atoms with Gasteiger partial charge in [0.1, 0.15) is 0 Å². The Labute approximate surface area is 132 Å². The molecule has 1 aliphatic heterocycles. The molecule has 1 aromatic heterocycles. The molecule has 0 aromatic carbocycles. The molecule has 1 saturated heterocycles. The maximum atomic E-state index is 12.2. The normalized spacial score (nSPS) is 23.2. The molecule has 7 heteroatoms. The molecule has 1 saturated carbocycles. The highest BCUT2D eigenvalue weighted by molar-refractivity contribution is 7.89. The minimum absolute atomic E-state index is 0.284. The quantitative estimate of drug-likeness (QED) is 0.732. The minimum Gasteiger partial charge on any atom is -0.339 e. The number of sulfonamides is 1. The second-order valence-electron chi connectivity index (χ2n) is 6.54. The predicted octanol–water partition coefficient (Wildman–Crippen LogP) is 2.33. The van der Waals surface area contributed by atoms with E-state index in [-0.39, 0.29) is 5.75 Å². The van der Waals surface area contributed by atoms with Crippen LogP contribution in [-0.4, -0.2) is 41.7 Å². The van der Waals surface area contributed by atoms with Gasteiger partial charge in [0.25, 0.3) is 0 Å². The number of hydrogen-bond donors (Lipinski definition) is 0. The molecule has 1 atom stereocenters. The molecule has 1 unspecified atom stereocenters. The maximum absolute atomic E-state index is 12.2. The molecule has 0 spiro atoms. The van der Waals surface area contributed by atoms with Gasteiger partial charge in [-0.3, -0.25) is 0 Å². The fourth-order valence-electron chi connectivity index (χ4n) is 2.94. The van der Waals surface area contributed by atoms with Crippen LogP contribution < -0.4 is 0 Å². The van der Waals surface area contributed by atoms with Crippen LogP contribution in [0.3, 0.4) is 0 Å². The van der Waals surface area contributed by atoms with Crippen molar-refractivity contribution in [1.29, 1.82) is 0 Å². The Balaban J connectivity index is 1.46. The van der Waals surface area contributed by atoms with Crippen molar-refractivity contribution in [2.24, 2.45) is 5.92 Å². The number of hydrogen-bond acceptors (Lipinski definition) is 5. The number of aromatic nitrogens is 2. The topological polar surface area (TPSA) is 76.3 Å². The summed E-state index contributed by atoms with van der Waals surface area (Å²) in [4.78, 5) is 4.43. The Hall–Kier alpha value is -0.950. The van der Waals surface area contributed by atoms with Crippen LogP contribution in [0.25, 0.3) is 0 Å². The summed E-state index contributed by atoms with van der Waals surface area (Å²) in [5.74, 6) is 2.75. The third kappa shape index (κ3) is 3.87. The lowest BCUT2D eigenvalue weighted by Gasteiger charge is -2.16. The van der Waals surface area contributed by atoms with Crippen molar-refractivity contribution in [3.8, 4) is 0 Å².